The van der Waals surface area contributed by atoms with E-state index < -0.39 is 10.0 Å². The summed E-state index contributed by atoms with van der Waals surface area (Å²) in [5.41, 5.74) is 0.675. The number of nitrogens with zero attached hydrogens (tertiary/aromatic N) is 2. The lowest BCUT2D eigenvalue weighted by Gasteiger charge is -2.26. The molecular formula is C24H27N3O5S. The van der Waals surface area contributed by atoms with Crippen molar-refractivity contribution < 1.29 is 22.6 Å². The lowest BCUT2D eigenvalue weighted by molar-refractivity contribution is 0.0321. The maximum atomic E-state index is 12.6. The first kappa shape index (κ1) is 23.0. The molecule has 0 bridgehead atoms. The number of hydrogen-bond donors (Lipinski definition) is 1. The topological polar surface area (TPSA) is 89.5 Å². The second kappa shape index (κ2) is 10.7. The fourth-order valence-corrected chi connectivity index (χ4v) is 4.38. The minimum Gasteiger partial charge on any atom is -0.493 e. The van der Waals surface area contributed by atoms with E-state index in [1.54, 1.807) is 43.5 Å². The van der Waals surface area contributed by atoms with Crippen LogP contribution in [0.15, 0.2) is 70.7 Å². The average molecular weight is 470 g/mol. The van der Waals surface area contributed by atoms with Crippen LogP contribution in [0, 0.1) is 0 Å². The highest BCUT2D eigenvalue weighted by Crippen LogP contribution is 2.27. The lowest BCUT2D eigenvalue weighted by atomic mass is 10.1. The summed E-state index contributed by atoms with van der Waals surface area (Å²) in [4.78, 5) is 4.71. The van der Waals surface area contributed by atoms with E-state index in [0.29, 0.717) is 23.7 Å². The molecule has 0 aromatic heterocycles. The molecule has 9 heteroatoms. The van der Waals surface area contributed by atoms with Gasteiger partial charge in [-0.05, 0) is 46.7 Å². The van der Waals surface area contributed by atoms with Crippen molar-refractivity contribution in [3.63, 3.8) is 0 Å². The molecule has 1 N–H and O–H groups in total. The highest BCUT2D eigenvalue weighted by Gasteiger charge is 2.14. The van der Waals surface area contributed by atoms with Crippen LogP contribution in [0.5, 0.6) is 11.5 Å². The summed E-state index contributed by atoms with van der Waals surface area (Å²) in [6, 6.07) is 17.9. The Morgan fingerprint density at radius 3 is 2.61 bits per heavy atom. The first-order valence-electron chi connectivity index (χ1n) is 10.7. The van der Waals surface area contributed by atoms with Gasteiger partial charge in [0.25, 0.3) is 10.0 Å². The molecule has 1 aliphatic heterocycles. The average Bonchev–Trinajstić information content (AvgIpc) is 2.85. The second-order valence-corrected chi connectivity index (χ2v) is 9.24. The van der Waals surface area contributed by atoms with Crippen LogP contribution in [0.4, 0.5) is 0 Å². The van der Waals surface area contributed by atoms with Crippen LogP contribution in [0.3, 0.4) is 0 Å². The van der Waals surface area contributed by atoms with Crippen LogP contribution < -0.4 is 14.3 Å². The van der Waals surface area contributed by atoms with Crippen molar-refractivity contribution in [3.05, 3.63) is 66.2 Å². The Bertz CT molecular complexity index is 1220. The molecule has 0 radical (unpaired) electrons. The molecule has 0 atom stereocenters. The summed E-state index contributed by atoms with van der Waals surface area (Å²) < 4.78 is 41.9. The number of sulfonamides is 1. The summed E-state index contributed by atoms with van der Waals surface area (Å²) in [6.07, 6.45) is 1.43. The molecule has 3 aromatic rings. The van der Waals surface area contributed by atoms with Crippen LogP contribution in [-0.2, 0) is 14.8 Å². The standard InChI is InChI=1S/C24H27N3O5S/c1-30-24-16-19(6-9-23(24)32-15-12-27-10-13-31-14-11-27)18-25-26-33(28,29)22-8-7-20-4-2-3-5-21(20)17-22/h2-9,16-18,26H,10-15H2,1H3/b25-18+. The Morgan fingerprint density at radius 1 is 1.03 bits per heavy atom. The molecule has 1 saturated heterocycles. The number of hydrogen-bond acceptors (Lipinski definition) is 7. The van der Waals surface area contributed by atoms with E-state index in [1.807, 2.05) is 24.3 Å². The highest BCUT2D eigenvalue weighted by atomic mass is 32.2. The Kier molecular flexibility index (Phi) is 7.43. The number of benzene rings is 3. The maximum Gasteiger partial charge on any atom is 0.276 e. The summed E-state index contributed by atoms with van der Waals surface area (Å²) in [6.45, 7) is 4.67. The third-order valence-corrected chi connectivity index (χ3v) is 6.59. The van der Waals surface area contributed by atoms with Gasteiger partial charge < -0.3 is 14.2 Å². The Balaban J connectivity index is 1.37. The number of methoxy groups -OCH3 is 1. The van der Waals surface area contributed by atoms with Gasteiger partial charge in [0, 0.05) is 19.6 Å². The van der Waals surface area contributed by atoms with E-state index in [9.17, 15) is 8.42 Å². The van der Waals surface area contributed by atoms with Crippen LogP contribution in [0.25, 0.3) is 10.8 Å². The molecular weight excluding hydrogens is 442 g/mol. The van der Waals surface area contributed by atoms with Crippen molar-refractivity contribution in [1.29, 1.82) is 0 Å². The van der Waals surface area contributed by atoms with Gasteiger partial charge in [0.15, 0.2) is 11.5 Å². The van der Waals surface area contributed by atoms with E-state index in [0.717, 1.165) is 43.6 Å². The highest BCUT2D eigenvalue weighted by molar-refractivity contribution is 7.89. The molecule has 1 heterocycles. The number of morpholine rings is 1. The quantitative estimate of drug-likeness (QED) is 0.383. The van der Waals surface area contributed by atoms with Gasteiger partial charge >= 0.3 is 0 Å². The third-order valence-electron chi connectivity index (χ3n) is 5.37. The smallest absolute Gasteiger partial charge is 0.276 e. The number of nitrogens with one attached hydrogen (secondary N) is 1. The maximum absolute atomic E-state index is 12.6. The molecule has 0 amide bonds. The molecule has 0 spiro atoms. The van der Waals surface area contributed by atoms with Crippen LogP contribution in [-0.4, -0.2) is 66.1 Å². The molecule has 1 fully saturated rings. The zero-order valence-electron chi connectivity index (χ0n) is 18.4. The van der Waals surface area contributed by atoms with E-state index in [1.165, 1.54) is 6.21 Å². The van der Waals surface area contributed by atoms with Crippen LogP contribution in [0.2, 0.25) is 0 Å². The molecule has 3 aromatic carbocycles. The third kappa shape index (κ3) is 6.01. The number of hydrazone groups is 1. The van der Waals surface area contributed by atoms with Crippen LogP contribution >= 0.6 is 0 Å². The Labute approximate surface area is 193 Å². The molecule has 0 unspecified atom stereocenters. The molecule has 1 aliphatic rings. The van der Waals surface area contributed by atoms with Crippen molar-refractivity contribution in [2.24, 2.45) is 5.10 Å². The molecule has 174 valence electrons. The minimum absolute atomic E-state index is 0.153. The Hall–Kier alpha value is -3.14. The van der Waals surface area contributed by atoms with Crippen molar-refractivity contribution in [2.75, 3.05) is 46.6 Å². The van der Waals surface area contributed by atoms with Crippen molar-refractivity contribution in [1.82, 2.24) is 9.73 Å². The first-order valence-corrected chi connectivity index (χ1v) is 12.2. The monoisotopic (exact) mass is 469 g/mol. The lowest BCUT2D eigenvalue weighted by Crippen LogP contribution is -2.38. The summed E-state index contributed by atoms with van der Waals surface area (Å²) >= 11 is 0. The SMILES string of the molecule is COc1cc(/C=N/NS(=O)(=O)c2ccc3ccccc3c2)ccc1OCCN1CCOCC1. The van der Waals surface area contributed by atoms with Gasteiger partial charge in [-0.15, -0.1) is 0 Å². The zero-order chi connectivity index (χ0) is 23.1. The fraction of sp³-hybridized carbons (Fsp3) is 0.292. The van der Waals surface area contributed by atoms with Crippen molar-refractivity contribution in [2.45, 2.75) is 4.90 Å². The van der Waals surface area contributed by atoms with Gasteiger partial charge in [-0.25, -0.2) is 4.83 Å². The van der Waals surface area contributed by atoms with Crippen molar-refractivity contribution in [3.8, 4) is 11.5 Å². The van der Waals surface area contributed by atoms with Crippen LogP contribution in [0.1, 0.15) is 5.56 Å². The first-order chi connectivity index (χ1) is 16.0. The molecule has 4 rings (SSSR count). The summed E-state index contributed by atoms with van der Waals surface area (Å²) in [5.74, 6) is 1.18. The van der Waals surface area contributed by atoms with Gasteiger partial charge in [0.05, 0.1) is 31.4 Å². The number of fused-ring (bicyclic) bond motifs is 1. The van der Waals surface area contributed by atoms with E-state index in [-0.39, 0.29) is 4.90 Å². The normalized spacial score (nSPS) is 15.1. The van der Waals surface area contributed by atoms with Gasteiger partial charge in [-0.1, -0.05) is 30.3 Å². The van der Waals surface area contributed by atoms with E-state index in [2.05, 4.69) is 14.8 Å². The number of ether oxygens (including phenoxy) is 3. The number of rotatable bonds is 9. The predicted octanol–water partition coefficient (Wildman–Crippen LogP) is 2.87. The summed E-state index contributed by atoms with van der Waals surface area (Å²) in [7, 11) is -2.22. The second-order valence-electron chi connectivity index (χ2n) is 7.57. The van der Waals surface area contributed by atoms with E-state index in [4.69, 9.17) is 14.2 Å². The molecule has 0 aliphatic carbocycles. The predicted molar refractivity (Wildman–Crippen MR) is 128 cm³/mol. The molecule has 0 saturated carbocycles. The minimum atomic E-state index is -3.79. The fourth-order valence-electron chi connectivity index (χ4n) is 3.55. The van der Waals surface area contributed by atoms with E-state index >= 15 is 0 Å². The Morgan fingerprint density at radius 2 is 1.82 bits per heavy atom. The zero-order valence-corrected chi connectivity index (χ0v) is 19.3. The molecule has 33 heavy (non-hydrogen) atoms. The molecule has 8 nitrogen and oxygen atoms in total. The van der Waals surface area contributed by atoms with Gasteiger partial charge in [0.2, 0.25) is 0 Å². The van der Waals surface area contributed by atoms with Gasteiger partial charge in [-0.2, -0.15) is 13.5 Å². The van der Waals surface area contributed by atoms with Gasteiger partial charge in [0.1, 0.15) is 6.61 Å². The van der Waals surface area contributed by atoms with Gasteiger partial charge in [-0.3, -0.25) is 4.90 Å². The van der Waals surface area contributed by atoms with Crippen molar-refractivity contribution >= 4 is 27.0 Å². The summed E-state index contributed by atoms with van der Waals surface area (Å²) in [5, 5.41) is 5.74. The largest absolute Gasteiger partial charge is 0.493 e.